The zero-order valence-corrected chi connectivity index (χ0v) is 10.3. The Morgan fingerprint density at radius 3 is 2.08 bits per heavy atom. The smallest absolute Gasteiger partial charge is 0.186 e. The molecule has 0 heterocycles. The quantitative estimate of drug-likeness (QED) is 0.655. The summed E-state index contributed by atoms with van der Waals surface area (Å²) in [7, 11) is -0.104. The third-order valence-corrected chi connectivity index (χ3v) is 2.91. The van der Waals surface area contributed by atoms with Crippen molar-refractivity contribution in [2.24, 2.45) is 0 Å². The molecule has 0 saturated heterocycles. The Morgan fingerprint density at radius 2 is 1.85 bits per heavy atom. The Balaban J connectivity index is 4.58. The van der Waals surface area contributed by atoms with E-state index in [-0.39, 0.29) is 6.10 Å². The van der Waals surface area contributed by atoms with Crippen molar-refractivity contribution in [3.63, 3.8) is 0 Å². The number of nitrogens with zero attached hydrogens (tertiary/aromatic N) is 1. The molecule has 0 rings (SSSR count). The first-order chi connectivity index (χ1) is 5.75. The van der Waals surface area contributed by atoms with Crippen LogP contribution in [0.4, 0.5) is 0 Å². The van der Waals surface area contributed by atoms with E-state index in [2.05, 4.69) is 25.7 Å². The monoisotopic (exact) mass is 201 g/mol. The van der Waals surface area contributed by atoms with Crippen molar-refractivity contribution >= 4 is 8.32 Å². The molecule has 0 amide bonds. The van der Waals surface area contributed by atoms with E-state index in [0.717, 1.165) is 0 Å². The van der Waals surface area contributed by atoms with E-state index in [4.69, 9.17) is 14.4 Å². The summed E-state index contributed by atoms with van der Waals surface area (Å²) < 4.78 is 10.9. The second-order valence-electron chi connectivity index (χ2n) is 4.31. The van der Waals surface area contributed by atoms with Crippen LogP contribution in [0.2, 0.25) is 19.6 Å². The Bertz CT molecular complexity index is 207. The Labute approximate surface area is 81.8 Å². The van der Waals surface area contributed by atoms with Crippen LogP contribution in [-0.4, -0.2) is 27.1 Å². The van der Waals surface area contributed by atoms with Gasteiger partial charge in [-0.25, -0.2) is 0 Å². The fourth-order valence-corrected chi connectivity index (χ4v) is 2.54. The standard InChI is InChI=1S/C9H19NO2Si/c1-8(11-3)9(2,7-10)12-13(4,5)6/h8H,1-6H3. The molecular weight excluding hydrogens is 182 g/mol. The van der Waals surface area contributed by atoms with Crippen LogP contribution in [0, 0.1) is 11.3 Å². The third-order valence-electron chi connectivity index (χ3n) is 1.87. The predicted molar refractivity (Wildman–Crippen MR) is 54.9 cm³/mol. The van der Waals surface area contributed by atoms with Crippen LogP contribution in [0.25, 0.3) is 0 Å². The number of ether oxygens (including phenoxy) is 1. The molecule has 0 saturated carbocycles. The molecule has 0 radical (unpaired) electrons. The van der Waals surface area contributed by atoms with E-state index in [1.807, 2.05) is 6.92 Å². The highest BCUT2D eigenvalue weighted by Crippen LogP contribution is 2.22. The SMILES string of the molecule is COC(C)C(C)(C#N)O[Si](C)(C)C. The van der Waals surface area contributed by atoms with Crippen LogP contribution in [-0.2, 0) is 9.16 Å². The highest BCUT2D eigenvalue weighted by molar-refractivity contribution is 6.69. The molecule has 0 aliphatic heterocycles. The average Bonchev–Trinajstić information content (AvgIpc) is 1.99. The molecule has 0 aromatic rings. The maximum absolute atomic E-state index is 9.02. The summed E-state index contributed by atoms with van der Waals surface area (Å²) in [5.74, 6) is 0. The van der Waals surface area contributed by atoms with Gasteiger partial charge < -0.3 is 9.16 Å². The molecule has 2 atom stereocenters. The van der Waals surface area contributed by atoms with Crippen LogP contribution in [0.5, 0.6) is 0 Å². The van der Waals surface area contributed by atoms with Gasteiger partial charge in [0.2, 0.25) is 0 Å². The summed E-state index contributed by atoms with van der Waals surface area (Å²) in [6, 6.07) is 2.17. The molecule has 4 heteroatoms. The number of hydrogen-bond donors (Lipinski definition) is 0. The van der Waals surface area contributed by atoms with Crippen molar-refractivity contribution in [2.75, 3.05) is 7.11 Å². The first-order valence-electron chi connectivity index (χ1n) is 4.39. The van der Waals surface area contributed by atoms with Crippen molar-refractivity contribution < 1.29 is 9.16 Å². The number of rotatable bonds is 4. The second-order valence-corrected chi connectivity index (χ2v) is 8.74. The van der Waals surface area contributed by atoms with Gasteiger partial charge in [-0.05, 0) is 33.5 Å². The molecule has 0 spiro atoms. The lowest BCUT2D eigenvalue weighted by atomic mass is 10.0. The Kier molecular flexibility index (Phi) is 4.10. The topological polar surface area (TPSA) is 42.2 Å². The molecule has 0 aromatic heterocycles. The zero-order valence-electron chi connectivity index (χ0n) is 9.34. The van der Waals surface area contributed by atoms with E-state index in [9.17, 15) is 0 Å². The van der Waals surface area contributed by atoms with Crippen molar-refractivity contribution in [1.82, 2.24) is 0 Å². The number of methoxy groups -OCH3 is 1. The van der Waals surface area contributed by atoms with Gasteiger partial charge in [-0.2, -0.15) is 5.26 Å². The minimum atomic E-state index is -1.70. The lowest BCUT2D eigenvalue weighted by Crippen LogP contribution is -2.47. The summed E-state index contributed by atoms with van der Waals surface area (Å²) in [6.07, 6.45) is -0.204. The molecule has 0 fully saturated rings. The summed E-state index contributed by atoms with van der Waals surface area (Å²) >= 11 is 0. The van der Waals surface area contributed by atoms with Crippen LogP contribution in [0.3, 0.4) is 0 Å². The lowest BCUT2D eigenvalue weighted by molar-refractivity contribution is -0.0236. The molecule has 13 heavy (non-hydrogen) atoms. The maximum atomic E-state index is 9.02. The second kappa shape index (κ2) is 4.23. The third kappa shape index (κ3) is 3.90. The summed E-state index contributed by atoms with van der Waals surface area (Å²) in [6.45, 7) is 9.81. The summed E-state index contributed by atoms with van der Waals surface area (Å²) in [5, 5.41) is 9.02. The van der Waals surface area contributed by atoms with Crippen LogP contribution in [0.1, 0.15) is 13.8 Å². The molecule has 3 nitrogen and oxygen atoms in total. The van der Waals surface area contributed by atoms with Crippen LogP contribution in [0.15, 0.2) is 0 Å². The van der Waals surface area contributed by atoms with Crippen molar-refractivity contribution in [3.05, 3.63) is 0 Å². The Morgan fingerprint density at radius 1 is 1.38 bits per heavy atom. The summed E-state index contributed by atoms with van der Waals surface area (Å²) in [5.41, 5.74) is -0.820. The minimum absolute atomic E-state index is 0.204. The van der Waals surface area contributed by atoms with E-state index in [1.54, 1.807) is 14.0 Å². The van der Waals surface area contributed by atoms with Gasteiger partial charge in [-0.15, -0.1) is 0 Å². The molecule has 2 unspecified atom stereocenters. The molecule has 0 bridgehead atoms. The zero-order chi connectivity index (χ0) is 10.7. The first-order valence-corrected chi connectivity index (χ1v) is 7.80. The fourth-order valence-electron chi connectivity index (χ4n) is 1.06. The van der Waals surface area contributed by atoms with Crippen molar-refractivity contribution in [2.45, 2.75) is 45.2 Å². The lowest BCUT2D eigenvalue weighted by Gasteiger charge is -2.34. The van der Waals surface area contributed by atoms with E-state index in [1.165, 1.54) is 0 Å². The first kappa shape index (κ1) is 12.6. The summed E-state index contributed by atoms with van der Waals surface area (Å²) in [4.78, 5) is 0. The normalized spacial score (nSPS) is 18.8. The van der Waals surface area contributed by atoms with Gasteiger partial charge in [0.15, 0.2) is 13.9 Å². The molecule has 0 N–H and O–H groups in total. The van der Waals surface area contributed by atoms with Gasteiger partial charge in [-0.1, -0.05) is 0 Å². The van der Waals surface area contributed by atoms with Crippen LogP contribution >= 0.6 is 0 Å². The van der Waals surface area contributed by atoms with Gasteiger partial charge in [-0.3, -0.25) is 0 Å². The number of nitriles is 1. The highest BCUT2D eigenvalue weighted by Gasteiger charge is 2.37. The highest BCUT2D eigenvalue weighted by atomic mass is 28.4. The predicted octanol–water partition coefficient (Wildman–Crippen LogP) is 2.16. The van der Waals surface area contributed by atoms with Crippen molar-refractivity contribution in [3.8, 4) is 6.07 Å². The maximum Gasteiger partial charge on any atom is 0.186 e. The number of hydrogen-bond acceptors (Lipinski definition) is 3. The largest absolute Gasteiger partial charge is 0.398 e. The van der Waals surface area contributed by atoms with Crippen LogP contribution < -0.4 is 0 Å². The molecule has 0 aliphatic carbocycles. The van der Waals surface area contributed by atoms with Gasteiger partial charge >= 0.3 is 0 Å². The molecule has 76 valence electrons. The van der Waals surface area contributed by atoms with Gasteiger partial charge in [0.1, 0.15) is 0 Å². The van der Waals surface area contributed by atoms with E-state index < -0.39 is 13.9 Å². The van der Waals surface area contributed by atoms with Gasteiger partial charge in [0.05, 0.1) is 12.2 Å². The minimum Gasteiger partial charge on any atom is -0.398 e. The van der Waals surface area contributed by atoms with Gasteiger partial charge in [0, 0.05) is 7.11 Å². The Hall–Kier alpha value is -0.373. The molecular formula is C9H19NO2Si. The van der Waals surface area contributed by atoms with Gasteiger partial charge in [0.25, 0.3) is 0 Å². The van der Waals surface area contributed by atoms with Crippen molar-refractivity contribution in [1.29, 1.82) is 5.26 Å². The average molecular weight is 201 g/mol. The molecule has 0 aromatic carbocycles. The molecule has 0 aliphatic rings. The fraction of sp³-hybridized carbons (Fsp3) is 0.889. The van der Waals surface area contributed by atoms with E-state index in [0.29, 0.717) is 0 Å². The van der Waals surface area contributed by atoms with E-state index >= 15 is 0 Å².